The van der Waals surface area contributed by atoms with E-state index >= 15 is 0 Å². The highest BCUT2D eigenvalue weighted by atomic mass is 16.6. The molecule has 7 heteroatoms. The maximum atomic E-state index is 13.3. The van der Waals surface area contributed by atoms with Crippen LogP contribution in [-0.2, 0) is 38.3 Å². The van der Waals surface area contributed by atoms with Crippen molar-refractivity contribution in [3.05, 3.63) is 112 Å². The molecule has 212 valence electrons. The van der Waals surface area contributed by atoms with Gasteiger partial charge in [0.25, 0.3) is 0 Å². The van der Waals surface area contributed by atoms with Gasteiger partial charge in [-0.05, 0) is 49.9 Å². The van der Waals surface area contributed by atoms with Gasteiger partial charge < -0.3 is 18.6 Å². The zero-order valence-corrected chi connectivity index (χ0v) is 23.6. The van der Waals surface area contributed by atoms with Crippen LogP contribution < -0.4 is 10.2 Å². The molecule has 2 atom stereocenters. The van der Waals surface area contributed by atoms with Crippen molar-refractivity contribution in [1.29, 1.82) is 0 Å². The highest BCUT2D eigenvalue weighted by molar-refractivity contribution is 5.84. The van der Waals surface area contributed by atoms with Gasteiger partial charge in [-0.2, -0.15) is 0 Å². The van der Waals surface area contributed by atoms with Crippen LogP contribution in [0.5, 0.6) is 5.75 Å². The summed E-state index contributed by atoms with van der Waals surface area (Å²) in [6.07, 6.45) is -0.268. The summed E-state index contributed by atoms with van der Waals surface area (Å²) in [6.45, 7) is 5.47. The Morgan fingerprint density at radius 2 is 1.41 bits per heavy atom. The molecule has 7 nitrogen and oxygen atoms in total. The Balaban J connectivity index is 1.50. The summed E-state index contributed by atoms with van der Waals surface area (Å²) < 4.78 is 24.6. The quantitative estimate of drug-likeness (QED) is 0.225. The predicted octanol–water partition coefficient (Wildman–Crippen LogP) is 6.29. The lowest BCUT2D eigenvalue weighted by atomic mass is 9.87. The fraction of sp³-hybridized carbons (Fsp3) is 0.324. The fourth-order valence-electron chi connectivity index (χ4n) is 5.17. The monoisotopic (exact) mass is 554 g/mol. The van der Waals surface area contributed by atoms with Crippen LogP contribution in [0.3, 0.4) is 0 Å². The normalized spacial score (nSPS) is 17.3. The molecule has 2 heterocycles. The van der Waals surface area contributed by atoms with Gasteiger partial charge in [0.05, 0.1) is 10.9 Å². The van der Waals surface area contributed by atoms with Crippen LogP contribution in [0.15, 0.2) is 88.1 Å². The number of fused-ring (bicyclic) bond motifs is 3. The second-order valence-corrected chi connectivity index (χ2v) is 10.8. The van der Waals surface area contributed by atoms with Crippen molar-refractivity contribution >= 4 is 22.9 Å². The number of rotatable bonds is 9. The van der Waals surface area contributed by atoms with E-state index in [-0.39, 0.29) is 23.9 Å². The minimum absolute atomic E-state index is 0.126. The Morgan fingerprint density at radius 1 is 0.829 bits per heavy atom. The molecule has 3 aromatic carbocycles. The van der Waals surface area contributed by atoms with E-state index in [1.54, 1.807) is 26.0 Å². The van der Waals surface area contributed by atoms with Gasteiger partial charge in [0.15, 0.2) is 17.6 Å². The zero-order chi connectivity index (χ0) is 29.0. The van der Waals surface area contributed by atoms with E-state index in [9.17, 15) is 14.4 Å². The number of hydrogen-bond acceptors (Lipinski definition) is 7. The van der Waals surface area contributed by atoms with E-state index in [1.165, 1.54) is 6.07 Å². The lowest BCUT2D eigenvalue weighted by Gasteiger charge is -2.43. The number of carbonyl (C=O) groups excluding carboxylic acids is 2. The van der Waals surface area contributed by atoms with Crippen LogP contribution >= 0.6 is 0 Å². The average Bonchev–Trinajstić information content (AvgIpc) is 2.97. The summed E-state index contributed by atoms with van der Waals surface area (Å²) in [5.41, 5.74) is 1.43. The highest BCUT2D eigenvalue weighted by Gasteiger charge is 2.50. The molecule has 41 heavy (non-hydrogen) atoms. The van der Waals surface area contributed by atoms with Crippen molar-refractivity contribution in [2.45, 2.75) is 70.7 Å². The summed E-state index contributed by atoms with van der Waals surface area (Å²) >= 11 is 0. The van der Waals surface area contributed by atoms with Gasteiger partial charge in [-0.3, -0.25) is 14.4 Å². The summed E-state index contributed by atoms with van der Waals surface area (Å²) in [6, 6.07) is 24.1. The molecule has 0 saturated heterocycles. The van der Waals surface area contributed by atoms with Crippen LogP contribution in [0.2, 0.25) is 0 Å². The van der Waals surface area contributed by atoms with Crippen LogP contribution in [0.1, 0.15) is 62.2 Å². The second kappa shape index (κ2) is 12.0. The molecule has 0 fully saturated rings. The van der Waals surface area contributed by atoms with Gasteiger partial charge in [0, 0.05) is 25.3 Å². The molecule has 0 unspecified atom stereocenters. The first-order valence-electron chi connectivity index (χ1n) is 14.0. The van der Waals surface area contributed by atoms with Crippen molar-refractivity contribution in [3.63, 3.8) is 0 Å². The topological polar surface area (TPSA) is 92.0 Å². The lowest BCUT2D eigenvalue weighted by Crippen LogP contribution is -2.52. The molecule has 0 spiro atoms. The second-order valence-electron chi connectivity index (χ2n) is 10.8. The summed E-state index contributed by atoms with van der Waals surface area (Å²) in [4.78, 5) is 39.4. The third-order valence-corrected chi connectivity index (χ3v) is 7.35. The van der Waals surface area contributed by atoms with Crippen molar-refractivity contribution in [2.75, 3.05) is 0 Å². The maximum absolute atomic E-state index is 13.3. The molecule has 0 saturated carbocycles. The molecule has 0 aliphatic carbocycles. The SMILES string of the molecule is CCc1cc(=O)c2ccc3c(c2o1)[C@@H](OC(=O)CCc1ccccc1)[C@@H](OC(=O)CCc1ccccc1)C(C)(C)O3. The van der Waals surface area contributed by atoms with E-state index in [2.05, 4.69) is 0 Å². The lowest BCUT2D eigenvalue weighted by molar-refractivity contribution is -0.190. The molecule has 0 radical (unpaired) electrons. The smallest absolute Gasteiger partial charge is 0.306 e. The third-order valence-electron chi connectivity index (χ3n) is 7.35. The zero-order valence-electron chi connectivity index (χ0n) is 23.6. The molecule has 1 aromatic heterocycles. The third kappa shape index (κ3) is 6.35. The molecule has 5 rings (SSSR count). The predicted molar refractivity (Wildman–Crippen MR) is 155 cm³/mol. The number of aryl methyl sites for hydroxylation is 3. The first-order valence-corrected chi connectivity index (χ1v) is 14.0. The van der Waals surface area contributed by atoms with Gasteiger partial charge in [0.1, 0.15) is 22.7 Å². The molecule has 1 aliphatic rings. The molecule has 4 aromatic rings. The van der Waals surface area contributed by atoms with Crippen LogP contribution in [0, 0.1) is 0 Å². The molecule has 0 N–H and O–H groups in total. The number of benzene rings is 3. The minimum atomic E-state index is -1.05. The number of hydrogen-bond donors (Lipinski definition) is 0. The van der Waals surface area contributed by atoms with Gasteiger partial charge in [-0.1, -0.05) is 67.6 Å². The fourth-order valence-corrected chi connectivity index (χ4v) is 5.17. The molecule has 1 aliphatic heterocycles. The summed E-state index contributed by atoms with van der Waals surface area (Å²) in [7, 11) is 0. The van der Waals surface area contributed by atoms with E-state index in [0.717, 1.165) is 11.1 Å². The number of carbonyl (C=O) groups is 2. The van der Waals surface area contributed by atoms with Crippen molar-refractivity contribution in [3.8, 4) is 5.75 Å². The van der Waals surface area contributed by atoms with Gasteiger partial charge >= 0.3 is 11.9 Å². The van der Waals surface area contributed by atoms with Crippen LogP contribution in [0.4, 0.5) is 0 Å². The van der Waals surface area contributed by atoms with Gasteiger partial charge in [-0.25, -0.2) is 0 Å². The van der Waals surface area contributed by atoms with Crippen molar-refractivity contribution in [2.24, 2.45) is 0 Å². The van der Waals surface area contributed by atoms with Crippen molar-refractivity contribution in [1.82, 2.24) is 0 Å². The first kappa shape index (κ1) is 28.1. The Hall–Kier alpha value is -4.39. The molecular formula is C34H34O7. The van der Waals surface area contributed by atoms with E-state index in [4.69, 9.17) is 18.6 Å². The molecule has 0 amide bonds. The first-order chi connectivity index (χ1) is 19.7. The van der Waals surface area contributed by atoms with Gasteiger partial charge in [0.2, 0.25) is 0 Å². The van der Waals surface area contributed by atoms with Crippen molar-refractivity contribution < 1.29 is 28.2 Å². The maximum Gasteiger partial charge on any atom is 0.306 e. The largest absolute Gasteiger partial charge is 0.483 e. The summed E-state index contributed by atoms with van der Waals surface area (Å²) in [5.74, 6) is 0.00160. The Labute approximate surface area is 239 Å². The molecular weight excluding hydrogens is 520 g/mol. The van der Waals surface area contributed by atoms with E-state index < -0.39 is 29.7 Å². The Bertz CT molecular complexity index is 1590. The highest BCUT2D eigenvalue weighted by Crippen LogP contribution is 2.46. The molecule has 0 bridgehead atoms. The average molecular weight is 555 g/mol. The minimum Gasteiger partial charge on any atom is -0.483 e. The number of esters is 2. The van der Waals surface area contributed by atoms with Crippen LogP contribution in [-0.4, -0.2) is 23.6 Å². The number of ether oxygens (including phenoxy) is 3. The Morgan fingerprint density at radius 3 is 2.00 bits per heavy atom. The Kier molecular flexibility index (Phi) is 8.24. The summed E-state index contributed by atoms with van der Waals surface area (Å²) in [5, 5.41) is 0.337. The van der Waals surface area contributed by atoms with E-state index in [0.29, 0.717) is 41.7 Å². The standard InChI is InChI=1S/C34H34O7/c1-4-24-21-26(35)25-17-18-27-30(31(25)38-24)32(39-28(36)19-15-22-11-7-5-8-12-22)33(34(2,3)41-27)40-29(37)20-16-23-13-9-6-10-14-23/h5-14,17-18,21,32-33H,4,15-16,19-20H2,1-3H3/t32-,33-/m1/s1. The van der Waals surface area contributed by atoms with Crippen LogP contribution in [0.25, 0.3) is 11.0 Å². The van der Waals surface area contributed by atoms with E-state index in [1.807, 2.05) is 67.6 Å². The van der Waals surface area contributed by atoms with Gasteiger partial charge in [-0.15, -0.1) is 0 Å².